The molecule has 1 heteroatoms. The van der Waals surface area contributed by atoms with E-state index in [9.17, 15) is 0 Å². The molecule has 0 radical (unpaired) electrons. The molecule has 1 nitrogen and oxygen atoms in total. The third-order valence-electron chi connectivity index (χ3n) is 3.37. The lowest BCUT2D eigenvalue weighted by Crippen LogP contribution is -1.97. The molecule has 0 spiro atoms. The van der Waals surface area contributed by atoms with Crippen molar-refractivity contribution in [3.8, 4) is 11.5 Å². The standard InChI is InChI=1S/C17H20O/c1-12(2)16-10-11-17(14(4)13(16)3)18-15-8-6-5-7-9-15/h5-12H,1-4H3. The molecule has 0 fully saturated rings. The molecule has 0 aliphatic heterocycles. The van der Waals surface area contributed by atoms with Crippen LogP contribution in [0.3, 0.4) is 0 Å². The number of hydrogen-bond acceptors (Lipinski definition) is 1. The summed E-state index contributed by atoms with van der Waals surface area (Å²) < 4.78 is 5.92. The smallest absolute Gasteiger partial charge is 0.130 e. The largest absolute Gasteiger partial charge is 0.457 e. The maximum absolute atomic E-state index is 5.92. The first-order valence-electron chi connectivity index (χ1n) is 6.42. The molecule has 0 heterocycles. The van der Waals surface area contributed by atoms with Crippen molar-refractivity contribution in [1.29, 1.82) is 0 Å². The van der Waals surface area contributed by atoms with Gasteiger partial charge in [0.05, 0.1) is 0 Å². The zero-order chi connectivity index (χ0) is 13.1. The van der Waals surface area contributed by atoms with Gasteiger partial charge < -0.3 is 4.74 Å². The van der Waals surface area contributed by atoms with Gasteiger partial charge >= 0.3 is 0 Å². The van der Waals surface area contributed by atoms with Crippen LogP contribution in [0.25, 0.3) is 0 Å². The van der Waals surface area contributed by atoms with Gasteiger partial charge in [-0.25, -0.2) is 0 Å². The van der Waals surface area contributed by atoms with Gasteiger partial charge in [0.1, 0.15) is 11.5 Å². The highest BCUT2D eigenvalue weighted by Crippen LogP contribution is 2.31. The van der Waals surface area contributed by atoms with E-state index in [4.69, 9.17) is 4.74 Å². The predicted octanol–water partition coefficient (Wildman–Crippen LogP) is 5.22. The summed E-state index contributed by atoms with van der Waals surface area (Å²) in [5.41, 5.74) is 3.95. The minimum atomic E-state index is 0.550. The van der Waals surface area contributed by atoms with Gasteiger partial charge in [-0.15, -0.1) is 0 Å². The van der Waals surface area contributed by atoms with Crippen molar-refractivity contribution in [2.45, 2.75) is 33.6 Å². The molecule has 0 bridgehead atoms. The van der Waals surface area contributed by atoms with Crippen molar-refractivity contribution in [2.75, 3.05) is 0 Å². The fraction of sp³-hybridized carbons (Fsp3) is 0.294. The van der Waals surface area contributed by atoms with Crippen LogP contribution in [0, 0.1) is 13.8 Å². The van der Waals surface area contributed by atoms with Gasteiger partial charge in [-0.1, -0.05) is 38.1 Å². The Kier molecular flexibility index (Phi) is 3.71. The molecule has 94 valence electrons. The molecule has 0 aromatic heterocycles. The van der Waals surface area contributed by atoms with E-state index in [2.05, 4.69) is 39.8 Å². The third kappa shape index (κ3) is 2.56. The average molecular weight is 240 g/mol. The van der Waals surface area contributed by atoms with E-state index in [-0.39, 0.29) is 0 Å². The molecule has 0 atom stereocenters. The lowest BCUT2D eigenvalue weighted by molar-refractivity contribution is 0.478. The molecule has 0 amide bonds. The van der Waals surface area contributed by atoms with E-state index in [1.165, 1.54) is 16.7 Å². The van der Waals surface area contributed by atoms with Crippen LogP contribution < -0.4 is 4.74 Å². The number of benzene rings is 2. The number of para-hydroxylation sites is 1. The van der Waals surface area contributed by atoms with Crippen LogP contribution in [-0.4, -0.2) is 0 Å². The third-order valence-corrected chi connectivity index (χ3v) is 3.37. The van der Waals surface area contributed by atoms with Gasteiger partial charge in [0.25, 0.3) is 0 Å². The summed E-state index contributed by atoms with van der Waals surface area (Å²) in [6.07, 6.45) is 0. The molecule has 2 rings (SSSR count). The number of rotatable bonds is 3. The molecule has 0 saturated heterocycles. The minimum Gasteiger partial charge on any atom is -0.457 e. The maximum Gasteiger partial charge on any atom is 0.130 e. The van der Waals surface area contributed by atoms with E-state index >= 15 is 0 Å². The summed E-state index contributed by atoms with van der Waals surface area (Å²) in [4.78, 5) is 0. The highest BCUT2D eigenvalue weighted by molar-refractivity contribution is 5.46. The van der Waals surface area contributed by atoms with Crippen LogP contribution in [0.2, 0.25) is 0 Å². The maximum atomic E-state index is 5.92. The van der Waals surface area contributed by atoms with E-state index in [0.717, 1.165) is 11.5 Å². The second kappa shape index (κ2) is 5.26. The Labute approximate surface area is 109 Å². The first-order valence-corrected chi connectivity index (χ1v) is 6.42. The van der Waals surface area contributed by atoms with Crippen LogP contribution in [0.4, 0.5) is 0 Å². The van der Waals surface area contributed by atoms with Crippen molar-refractivity contribution in [2.24, 2.45) is 0 Å². The van der Waals surface area contributed by atoms with Gasteiger partial charge in [-0.2, -0.15) is 0 Å². The molecule has 2 aromatic rings. The second-order valence-electron chi connectivity index (χ2n) is 4.97. The van der Waals surface area contributed by atoms with E-state index in [1.54, 1.807) is 0 Å². The minimum absolute atomic E-state index is 0.550. The molecular formula is C17H20O. The van der Waals surface area contributed by atoms with Crippen LogP contribution in [0.15, 0.2) is 42.5 Å². The fourth-order valence-corrected chi connectivity index (χ4v) is 2.17. The first kappa shape index (κ1) is 12.7. The van der Waals surface area contributed by atoms with Crippen molar-refractivity contribution in [3.05, 3.63) is 59.2 Å². The second-order valence-corrected chi connectivity index (χ2v) is 4.97. The molecule has 0 aliphatic carbocycles. The lowest BCUT2D eigenvalue weighted by Gasteiger charge is -2.16. The molecular weight excluding hydrogens is 220 g/mol. The van der Waals surface area contributed by atoms with Crippen molar-refractivity contribution < 1.29 is 4.74 Å². The molecule has 2 aromatic carbocycles. The normalized spacial score (nSPS) is 10.7. The molecule has 0 saturated carbocycles. The zero-order valence-electron chi connectivity index (χ0n) is 11.5. The van der Waals surface area contributed by atoms with Gasteiger partial charge in [-0.05, 0) is 54.7 Å². The highest BCUT2D eigenvalue weighted by atomic mass is 16.5. The topological polar surface area (TPSA) is 9.23 Å². The van der Waals surface area contributed by atoms with Gasteiger partial charge in [0, 0.05) is 0 Å². The summed E-state index contributed by atoms with van der Waals surface area (Å²) in [5.74, 6) is 2.38. The molecule has 0 aliphatic rings. The highest BCUT2D eigenvalue weighted by Gasteiger charge is 2.10. The summed E-state index contributed by atoms with van der Waals surface area (Å²) in [6.45, 7) is 8.74. The summed E-state index contributed by atoms with van der Waals surface area (Å²) in [7, 11) is 0. The SMILES string of the molecule is Cc1c(Oc2ccccc2)ccc(C(C)C)c1C. The van der Waals surface area contributed by atoms with Crippen molar-refractivity contribution in [1.82, 2.24) is 0 Å². The molecule has 18 heavy (non-hydrogen) atoms. The van der Waals surface area contributed by atoms with Crippen molar-refractivity contribution >= 4 is 0 Å². The first-order chi connectivity index (χ1) is 8.59. The summed E-state index contributed by atoms with van der Waals surface area (Å²) >= 11 is 0. The van der Waals surface area contributed by atoms with Crippen LogP contribution in [0.5, 0.6) is 11.5 Å². The summed E-state index contributed by atoms with van der Waals surface area (Å²) in [5, 5.41) is 0. The van der Waals surface area contributed by atoms with Crippen molar-refractivity contribution in [3.63, 3.8) is 0 Å². The van der Waals surface area contributed by atoms with E-state index in [1.807, 2.05) is 30.3 Å². The Morgan fingerprint density at radius 2 is 1.50 bits per heavy atom. The summed E-state index contributed by atoms with van der Waals surface area (Å²) in [6, 6.07) is 14.2. The fourth-order valence-electron chi connectivity index (χ4n) is 2.17. The monoisotopic (exact) mass is 240 g/mol. The van der Waals surface area contributed by atoms with Gasteiger partial charge in [-0.3, -0.25) is 0 Å². The Morgan fingerprint density at radius 3 is 2.11 bits per heavy atom. The Balaban J connectivity index is 2.33. The van der Waals surface area contributed by atoms with Crippen LogP contribution in [0.1, 0.15) is 36.5 Å². The van der Waals surface area contributed by atoms with Gasteiger partial charge in [0.15, 0.2) is 0 Å². The van der Waals surface area contributed by atoms with Gasteiger partial charge in [0.2, 0.25) is 0 Å². The predicted molar refractivity (Wildman–Crippen MR) is 76.5 cm³/mol. The van der Waals surface area contributed by atoms with E-state index in [0.29, 0.717) is 5.92 Å². The van der Waals surface area contributed by atoms with Crippen LogP contribution >= 0.6 is 0 Å². The number of hydrogen-bond donors (Lipinski definition) is 0. The van der Waals surface area contributed by atoms with Crippen LogP contribution in [-0.2, 0) is 0 Å². The Morgan fingerprint density at radius 1 is 0.833 bits per heavy atom. The number of ether oxygens (including phenoxy) is 1. The molecule has 0 N–H and O–H groups in total. The van der Waals surface area contributed by atoms with E-state index < -0.39 is 0 Å². The Hall–Kier alpha value is -1.76. The Bertz CT molecular complexity index is 527. The quantitative estimate of drug-likeness (QED) is 0.714. The lowest BCUT2D eigenvalue weighted by atomic mass is 9.94. The average Bonchev–Trinajstić information content (AvgIpc) is 2.36. The zero-order valence-corrected chi connectivity index (χ0v) is 11.5. The molecule has 0 unspecified atom stereocenters.